The molecule has 338 valence electrons. The minimum Gasteiger partial charge on any atom is -0.458 e. The van der Waals surface area contributed by atoms with Crippen molar-refractivity contribution < 1.29 is 9.30 Å². The third-order valence-corrected chi connectivity index (χ3v) is 13.1. The molecule has 0 spiro atoms. The Balaban J connectivity index is 1.10. The number of aryl methyl sites for hydroxylation is 1. The van der Waals surface area contributed by atoms with Crippen molar-refractivity contribution in [2.75, 3.05) is 0 Å². The average Bonchev–Trinajstić information content (AvgIpc) is 3.91. The number of aromatic nitrogens is 5. The molecule has 0 aliphatic carbocycles. The molecule has 0 N–H and O–H groups in total. The molecule has 0 saturated heterocycles. The van der Waals surface area contributed by atoms with Gasteiger partial charge >= 0.3 is 0 Å². The molecule has 7 aromatic carbocycles. The summed E-state index contributed by atoms with van der Waals surface area (Å²) in [5, 5.41) is 7.71. The Labute approximate surface area is 401 Å². The van der Waals surface area contributed by atoms with Crippen LogP contribution in [0.25, 0.3) is 72.6 Å². The summed E-state index contributed by atoms with van der Waals surface area (Å²) in [7, 11) is 0. The fourth-order valence-corrected chi connectivity index (χ4v) is 9.13. The molecule has 0 atom stereocenters. The van der Waals surface area contributed by atoms with Crippen LogP contribution >= 0.6 is 0 Å². The minimum absolute atomic E-state index is 0.0435. The zero-order valence-electron chi connectivity index (χ0n) is 40.9. The van der Waals surface area contributed by atoms with E-state index in [1.807, 2.05) is 29.1 Å². The summed E-state index contributed by atoms with van der Waals surface area (Å²) in [5.41, 5.74) is 14.3. The Morgan fingerprint density at radius 2 is 1.18 bits per heavy atom. The highest BCUT2D eigenvalue weighted by Gasteiger charge is 2.26. The monoisotopic (exact) mass is 889 g/mol. The third-order valence-electron chi connectivity index (χ3n) is 13.1. The summed E-state index contributed by atoms with van der Waals surface area (Å²) in [5.74, 6) is 3.08. The Morgan fingerprint density at radius 3 is 1.87 bits per heavy atom. The lowest BCUT2D eigenvalue weighted by atomic mass is 9.80. The van der Waals surface area contributed by atoms with Gasteiger partial charge in [0, 0.05) is 34.3 Å². The average molecular weight is 890 g/mol. The van der Waals surface area contributed by atoms with Crippen molar-refractivity contribution in [1.82, 2.24) is 19.3 Å². The van der Waals surface area contributed by atoms with Crippen molar-refractivity contribution >= 4 is 21.8 Å². The molecule has 3 heterocycles. The SMILES string of the molecule is Cc1cccc(-c2ccccc2)c1-c1nn(-c2cccc(Oc3ccc4c5cc(-c6ccccc6)ccc5n(-c5cc(C(C)(C)C)ccn5)c4c3)c2)[c-][n+]1-c1cc(C(C)(C)C)cc(C(C)(C)C)c1. The van der Waals surface area contributed by atoms with E-state index in [9.17, 15) is 0 Å². The third kappa shape index (κ3) is 8.52. The molecule has 0 unspecified atom stereocenters. The molecule has 0 bridgehead atoms. The number of pyridine rings is 1. The van der Waals surface area contributed by atoms with Crippen LogP contribution in [0.4, 0.5) is 0 Å². The first-order valence-electron chi connectivity index (χ1n) is 23.6. The Hall–Kier alpha value is -7.57. The molecule has 10 rings (SSSR count). The van der Waals surface area contributed by atoms with Gasteiger partial charge in [-0.05, 0) is 121 Å². The zero-order chi connectivity index (χ0) is 47.5. The van der Waals surface area contributed by atoms with Gasteiger partial charge in [-0.15, -0.1) is 0 Å². The fraction of sp³-hybridized carbons (Fsp3) is 0.210. The first-order chi connectivity index (χ1) is 32.5. The van der Waals surface area contributed by atoms with Crippen LogP contribution in [0.15, 0.2) is 176 Å². The van der Waals surface area contributed by atoms with Crippen molar-refractivity contribution in [3.8, 4) is 62.3 Å². The van der Waals surface area contributed by atoms with E-state index in [4.69, 9.17) is 14.8 Å². The number of benzene rings is 7. The quantitative estimate of drug-likeness (QED) is 0.113. The normalized spacial score (nSPS) is 12.3. The summed E-state index contributed by atoms with van der Waals surface area (Å²) in [6, 6.07) is 60.1. The van der Waals surface area contributed by atoms with Crippen LogP contribution in [0, 0.1) is 13.3 Å². The van der Waals surface area contributed by atoms with Gasteiger partial charge in [0.2, 0.25) is 12.2 Å². The van der Waals surface area contributed by atoms with Gasteiger partial charge in [-0.3, -0.25) is 4.57 Å². The number of nitrogens with zero attached hydrogens (tertiary/aromatic N) is 5. The van der Waals surface area contributed by atoms with Gasteiger partial charge in [0.05, 0.1) is 16.7 Å². The summed E-state index contributed by atoms with van der Waals surface area (Å²) in [4.78, 5) is 4.96. The molecule has 0 aliphatic heterocycles. The molecule has 0 saturated carbocycles. The Bertz CT molecular complexity index is 3450. The van der Waals surface area contributed by atoms with Crippen molar-refractivity contribution in [3.63, 3.8) is 0 Å². The van der Waals surface area contributed by atoms with Gasteiger partial charge in [0.1, 0.15) is 17.3 Å². The van der Waals surface area contributed by atoms with Crippen LogP contribution in [-0.2, 0) is 16.2 Å². The Kier molecular flexibility index (Phi) is 11.0. The maximum absolute atomic E-state index is 6.82. The van der Waals surface area contributed by atoms with Gasteiger partial charge in [-0.2, -0.15) is 4.68 Å². The minimum atomic E-state index is -0.0777. The van der Waals surface area contributed by atoms with Crippen molar-refractivity contribution in [1.29, 1.82) is 0 Å². The van der Waals surface area contributed by atoms with Gasteiger partial charge in [-0.25, -0.2) is 4.98 Å². The first kappa shape index (κ1) is 44.3. The highest BCUT2D eigenvalue weighted by molar-refractivity contribution is 6.10. The molecule has 0 radical (unpaired) electrons. The van der Waals surface area contributed by atoms with E-state index >= 15 is 0 Å². The summed E-state index contributed by atoms with van der Waals surface area (Å²) in [6.07, 6.45) is 5.64. The predicted molar refractivity (Wildman–Crippen MR) is 280 cm³/mol. The van der Waals surface area contributed by atoms with Crippen LogP contribution in [-0.4, -0.2) is 19.3 Å². The number of fused-ring (bicyclic) bond motifs is 3. The largest absolute Gasteiger partial charge is 0.458 e. The van der Waals surface area contributed by atoms with Gasteiger partial charge in [0.15, 0.2) is 0 Å². The van der Waals surface area contributed by atoms with Gasteiger partial charge in [-0.1, -0.05) is 178 Å². The van der Waals surface area contributed by atoms with Crippen LogP contribution in [0.1, 0.15) is 84.6 Å². The van der Waals surface area contributed by atoms with Crippen molar-refractivity contribution in [3.05, 3.63) is 205 Å². The van der Waals surface area contributed by atoms with E-state index in [0.717, 1.165) is 72.8 Å². The Morgan fingerprint density at radius 1 is 0.515 bits per heavy atom. The van der Waals surface area contributed by atoms with Crippen molar-refractivity contribution in [2.45, 2.75) is 85.5 Å². The highest BCUT2D eigenvalue weighted by atomic mass is 16.5. The maximum Gasteiger partial charge on any atom is 0.232 e. The maximum atomic E-state index is 6.82. The number of hydrogen-bond acceptors (Lipinski definition) is 3. The number of hydrogen-bond donors (Lipinski definition) is 0. The summed E-state index contributed by atoms with van der Waals surface area (Å²) < 4.78 is 13.1. The summed E-state index contributed by atoms with van der Waals surface area (Å²) >= 11 is 0. The van der Waals surface area contributed by atoms with Gasteiger partial charge < -0.3 is 9.30 Å². The lowest BCUT2D eigenvalue weighted by Crippen LogP contribution is -2.33. The molecule has 0 aliphatic rings. The number of rotatable bonds is 8. The lowest BCUT2D eigenvalue weighted by Gasteiger charge is -2.27. The number of ether oxygens (including phenoxy) is 1. The molecule has 6 nitrogen and oxygen atoms in total. The summed E-state index contributed by atoms with van der Waals surface area (Å²) in [6.45, 7) is 22.5. The lowest BCUT2D eigenvalue weighted by molar-refractivity contribution is -0.589. The molecule has 6 heteroatoms. The second kappa shape index (κ2) is 16.9. The van der Waals surface area contributed by atoms with E-state index in [1.54, 1.807) is 0 Å². The van der Waals surface area contributed by atoms with Crippen LogP contribution in [0.2, 0.25) is 0 Å². The standard InChI is InChI=1S/C62H59N5O/c1-41-19-17-26-52(43-22-15-12-16-23-43)58(41)59-64-66(40-65(59)49-35-46(61(5,6)7)34-47(36-49)62(8,9)10)48-24-18-25-50(38-48)68-51-28-29-53-54-33-44(42-20-13-11-14-21-42)27-30-55(54)67(56(53)39-51)57-37-45(31-32-63-57)60(2,3)4/h11-39H,1-10H3. The first-order valence-corrected chi connectivity index (χ1v) is 23.6. The van der Waals surface area contributed by atoms with E-state index in [2.05, 4.69) is 236 Å². The molecule has 3 aromatic heterocycles. The molecule has 0 fully saturated rings. The van der Waals surface area contributed by atoms with E-state index in [1.165, 1.54) is 27.8 Å². The topological polar surface area (TPSA) is 48.8 Å². The predicted octanol–water partition coefficient (Wildman–Crippen LogP) is 15.4. The molecule has 68 heavy (non-hydrogen) atoms. The van der Waals surface area contributed by atoms with Crippen LogP contribution < -0.4 is 9.30 Å². The molecular weight excluding hydrogens is 831 g/mol. The molecule has 0 amide bonds. The van der Waals surface area contributed by atoms with Crippen LogP contribution in [0.3, 0.4) is 0 Å². The highest BCUT2D eigenvalue weighted by Crippen LogP contribution is 2.39. The second-order valence-electron chi connectivity index (χ2n) is 21.2. The second-order valence-corrected chi connectivity index (χ2v) is 21.2. The van der Waals surface area contributed by atoms with E-state index < -0.39 is 0 Å². The van der Waals surface area contributed by atoms with Gasteiger partial charge in [0.25, 0.3) is 0 Å². The van der Waals surface area contributed by atoms with E-state index in [-0.39, 0.29) is 16.2 Å². The molecule has 10 aromatic rings. The zero-order valence-corrected chi connectivity index (χ0v) is 40.9. The molecular formula is C62H59N5O. The van der Waals surface area contributed by atoms with Crippen LogP contribution in [0.5, 0.6) is 11.5 Å². The fourth-order valence-electron chi connectivity index (χ4n) is 9.13. The van der Waals surface area contributed by atoms with E-state index in [0.29, 0.717) is 5.75 Å². The van der Waals surface area contributed by atoms with Crippen molar-refractivity contribution in [2.24, 2.45) is 0 Å². The smallest absolute Gasteiger partial charge is 0.232 e.